The van der Waals surface area contributed by atoms with Gasteiger partial charge in [0.1, 0.15) is 0 Å². The maximum absolute atomic E-state index is 12.4. The molecule has 27 heavy (non-hydrogen) atoms. The summed E-state index contributed by atoms with van der Waals surface area (Å²) >= 11 is 0. The van der Waals surface area contributed by atoms with Crippen molar-refractivity contribution in [1.29, 1.82) is 0 Å². The summed E-state index contributed by atoms with van der Waals surface area (Å²) in [4.78, 5) is 12.4. The molecule has 0 saturated heterocycles. The van der Waals surface area contributed by atoms with Crippen LogP contribution < -0.4 is 5.84 Å². The molecule has 0 aliphatic rings. The summed E-state index contributed by atoms with van der Waals surface area (Å²) in [6.45, 7) is 2.85. The van der Waals surface area contributed by atoms with E-state index in [0.717, 1.165) is 22.3 Å². The van der Waals surface area contributed by atoms with E-state index in [-0.39, 0.29) is 5.97 Å². The van der Waals surface area contributed by atoms with Gasteiger partial charge in [-0.05, 0) is 35.6 Å². The Hall–Kier alpha value is -3.34. The van der Waals surface area contributed by atoms with Crippen molar-refractivity contribution in [2.24, 2.45) is 10.9 Å². The van der Waals surface area contributed by atoms with E-state index in [2.05, 4.69) is 17.2 Å². The van der Waals surface area contributed by atoms with Gasteiger partial charge >= 0.3 is 5.97 Å². The highest BCUT2D eigenvalue weighted by Crippen LogP contribution is 2.18. The summed E-state index contributed by atoms with van der Waals surface area (Å²) < 4.78 is 7.26. The maximum atomic E-state index is 12.4. The van der Waals surface area contributed by atoms with Crippen LogP contribution in [-0.2, 0) is 17.7 Å². The predicted octanol–water partition coefficient (Wildman–Crippen LogP) is 3.60. The predicted molar refractivity (Wildman–Crippen MR) is 107 cm³/mol. The highest BCUT2D eigenvalue weighted by molar-refractivity contribution is 5.91. The Labute approximate surface area is 159 Å². The van der Waals surface area contributed by atoms with Crippen LogP contribution in [0, 0.1) is 0 Å². The van der Waals surface area contributed by atoms with Crippen LogP contribution in [-0.4, -0.2) is 23.4 Å². The van der Waals surface area contributed by atoms with Gasteiger partial charge in [0.15, 0.2) is 0 Å². The largest absolute Gasteiger partial charge is 0.462 e. The summed E-state index contributed by atoms with van der Waals surface area (Å²) in [6.07, 6.45) is 6.18. The summed E-state index contributed by atoms with van der Waals surface area (Å²) in [5.74, 6) is 4.90. The fourth-order valence-electron chi connectivity index (χ4n) is 3.00. The highest BCUT2D eigenvalue weighted by Gasteiger charge is 2.16. The standard InChI is InChI=1S/C22H23N3O2/c1-2-27-22(26)21-16-25(14-19-10-8-18(9-11-19)13-24-23)15-20(21)12-17-6-4-3-5-7-17/h3-11,13,15-16H,2,12,14,23H2,1H3/b24-13-. The van der Waals surface area contributed by atoms with Gasteiger partial charge in [0.2, 0.25) is 0 Å². The first kappa shape index (κ1) is 18.5. The van der Waals surface area contributed by atoms with E-state index in [4.69, 9.17) is 10.6 Å². The van der Waals surface area contributed by atoms with Crippen molar-refractivity contribution in [3.8, 4) is 0 Å². The number of hydrogen-bond acceptors (Lipinski definition) is 4. The second kappa shape index (κ2) is 8.85. The molecule has 0 aliphatic heterocycles. The molecule has 2 aromatic carbocycles. The Kier molecular flexibility index (Phi) is 6.05. The molecule has 5 heteroatoms. The number of nitrogens with two attached hydrogens (primary N) is 1. The zero-order valence-electron chi connectivity index (χ0n) is 15.3. The van der Waals surface area contributed by atoms with Crippen molar-refractivity contribution in [2.75, 3.05) is 6.61 Å². The van der Waals surface area contributed by atoms with Crippen molar-refractivity contribution in [3.63, 3.8) is 0 Å². The lowest BCUT2D eigenvalue weighted by atomic mass is 10.0. The first-order valence-electron chi connectivity index (χ1n) is 8.91. The van der Waals surface area contributed by atoms with Crippen LogP contribution in [0.25, 0.3) is 0 Å². The number of esters is 1. The molecule has 3 rings (SSSR count). The average molecular weight is 361 g/mol. The number of benzene rings is 2. The number of hydrazone groups is 1. The minimum atomic E-state index is -0.281. The zero-order valence-corrected chi connectivity index (χ0v) is 15.3. The number of aromatic nitrogens is 1. The number of ether oxygens (including phenoxy) is 1. The maximum Gasteiger partial charge on any atom is 0.339 e. The van der Waals surface area contributed by atoms with Gasteiger partial charge in [-0.25, -0.2) is 4.79 Å². The molecule has 0 aliphatic carbocycles. The molecule has 0 atom stereocenters. The molecule has 0 radical (unpaired) electrons. The van der Waals surface area contributed by atoms with Gasteiger partial charge in [0, 0.05) is 18.9 Å². The third-order valence-electron chi connectivity index (χ3n) is 4.26. The molecule has 1 aromatic heterocycles. The molecular formula is C22H23N3O2. The van der Waals surface area contributed by atoms with Crippen LogP contribution >= 0.6 is 0 Å². The van der Waals surface area contributed by atoms with Crippen molar-refractivity contribution >= 4 is 12.2 Å². The molecule has 0 spiro atoms. The van der Waals surface area contributed by atoms with E-state index in [0.29, 0.717) is 25.1 Å². The Bertz CT molecular complexity index is 912. The number of carbonyl (C=O) groups is 1. The Morgan fingerprint density at radius 3 is 2.48 bits per heavy atom. The highest BCUT2D eigenvalue weighted by atomic mass is 16.5. The van der Waals surface area contributed by atoms with Gasteiger partial charge < -0.3 is 15.1 Å². The normalized spacial score (nSPS) is 11.0. The summed E-state index contributed by atoms with van der Waals surface area (Å²) in [5.41, 5.74) is 4.82. The smallest absolute Gasteiger partial charge is 0.339 e. The number of nitrogens with zero attached hydrogens (tertiary/aromatic N) is 2. The minimum Gasteiger partial charge on any atom is -0.462 e. The molecule has 2 N–H and O–H groups in total. The van der Waals surface area contributed by atoms with Crippen molar-refractivity contribution < 1.29 is 9.53 Å². The third kappa shape index (κ3) is 4.85. The summed E-state index contributed by atoms with van der Waals surface area (Å²) in [7, 11) is 0. The summed E-state index contributed by atoms with van der Waals surface area (Å²) in [5, 5.41) is 3.53. The lowest BCUT2D eigenvalue weighted by molar-refractivity contribution is 0.0525. The SMILES string of the molecule is CCOC(=O)c1cn(Cc2ccc(/C=N\N)cc2)cc1Cc1ccccc1. The number of rotatable bonds is 7. The van der Waals surface area contributed by atoms with Crippen LogP contribution in [0.3, 0.4) is 0 Å². The Morgan fingerprint density at radius 2 is 1.81 bits per heavy atom. The van der Waals surface area contributed by atoms with Gasteiger partial charge in [-0.15, -0.1) is 0 Å². The Balaban J connectivity index is 1.84. The van der Waals surface area contributed by atoms with Gasteiger partial charge in [0.05, 0.1) is 18.4 Å². The van der Waals surface area contributed by atoms with Crippen molar-refractivity contribution in [3.05, 3.63) is 94.8 Å². The molecule has 0 amide bonds. The van der Waals surface area contributed by atoms with Gasteiger partial charge in [-0.2, -0.15) is 5.10 Å². The molecule has 3 aromatic rings. The summed E-state index contributed by atoms with van der Waals surface area (Å²) in [6, 6.07) is 18.1. The van der Waals surface area contributed by atoms with Crippen molar-refractivity contribution in [1.82, 2.24) is 4.57 Å². The molecule has 138 valence electrons. The third-order valence-corrected chi connectivity index (χ3v) is 4.26. The number of carbonyl (C=O) groups excluding carboxylic acids is 1. The topological polar surface area (TPSA) is 69.6 Å². The molecule has 0 saturated carbocycles. The monoisotopic (exact) mass is 361 g/mol. The molecular weight excluding hydrogens is 338 g/mol. The Morgan fingerprint density at radius 1 is 1.07 bits per heavy atom. The lowest BCUT2D eigenvalue weighted by Gasteiger charge is -2.04. The van der Waals surface area contributed by atoms with Crippen LogP contribution in [0.15, 0.2) is 72.1 Å². The second-order valence-electron chi connectivity index (χ2n) is 6.27. The van der Waals surface area contributed by atoms with E-state index >= 15 is 0 Å². The van der Waals surface area contributed by atoms with Crippen LogP contribution in [0.5, 0.6) is 0 Å². The zero-order chi connectivity index (χ0) is 19.1. The average Bonchev–Trinajstić information content (AvgIpc) is 3.07. The van der Waals surface area contributed by atoms with Gasteiger partial charge in [-0.1, -0.05) is 54.6 Å². The molecule has 1 heterocycles. The van der Waals surface area contributed by atoms with E-state index in [1.165, 1.54) is 0 Å². The fraction of sp³-hybridized carbons (Fsp3) is 0.182. The van der Waals surface area contributed by atoms with E-state index < -0.39 is 0 Å². The lowest BCUT2D eigenvalue weighted by Crippen LogP contribution is -2.06. The fourth-order valence-corrected chi connectivity index (χ4v) is 3.00. The second-order valence-corrected chi connectivity index (χ2v) is 6.27. The molecule has 0 unspecified atom stereocenters. The van der Waals surface area contributed by atoms with Gasteiger partial charge in [0.25, 0.3) is 0 Å². The van der Waals surface area contributed by atoms with E-state index in [1.54, 1.807) is 6.21 Å². The quantitative estimate of drug-likeness (QED) is 0.303. The number of hydrogen-bond donors (Lipinski definition) is 1. The first-order chi connectivity index (χ1) is 13.2. The molecule has 0 bridgehead atoms. The van der Waals surface area contributed by atoms with Crippen LogP contribution in [0.2, 0.25) is 0 Å². The minimum absolute atomic E-state index is 0.281. The molecule has 0 fully saturated rings. The van der Waals surface area contributed by atoms with Crippen molar-refractivity contribution in [2.45, 2.75) is 19.9 Å². The van der Waals surface area contributed by atoms with Gasteiger partial charge in [-0.3, -0.25) is 0 Å². The first-order valence-corrected chi connectivity index (χ1v) is 8.91. The van der Waals surface area contributed by atoms with E-state index in [9.17, 15) is 4.79 Å². The van der Waals surface area contributed by atoms with Crippen LogP contribution in [0.1, 0.15) is 39.5 Å². The van der Waals surface area contributed by atoms with E-state index in [1.807, 2.05) is 66.3 Å². The molecule has 5 nitrogen and oxygen atoms in total. The van der Waals surface area contributed by atoms with Crippen LogP contribution in [0.4, 0.5) is 0 Å².